The predicted molar refractivity (Wildman–Crippen MR) is 67.3 cm³/mol. The lowest BCUT2D eigenvalue weighted by molar-refractivity contribution is 0.100. The molecule has 0 saturated heterocycles. The Balaban J connectivity index is 2.08. The molecule has 0 aliphatic heterocycles. The van der Waals surface area contributed by atoms with Crippen molar-refractivity contribution < 1.29 is 5.11 Å². The average molecular weight is 287 g/mol. The minimum atomic E-state index is -0.0909. The van der Waals surface area contributed by atoms with Crippen LogP contribution < -0.4 is 0 Å². The maximum Gasteiger partial charge on any atom is 0.0738 e. The highest BCUT2D eigenvalue weighted by Crippen LogP contribution is 2.30. The summed E-state index contributed by atoms with van der Waals surface area (Å²) in [6.07, 6.45) is 5.23. The second-order valence-corrected chi connectivity index (χ2v) is 5.65. The van der Waals surface area contributed by atoms with Gasteiger partial charge < -0.3 is 5.11 Å². The van der Waals surface area contributed by atoms with Crippen LogP contribution in [0.25, 0.3) is 0 Å². The van der Waals surface area contributed by atoms with Gasteiger partial charge in [0.1, 0.15) is 0 Å². The number of aliphatic hydroxyl groups excluding tert-OH is 1. The second kappa shape index (κ2) is 4.88. The monoisotopic (exact) mass is 286 g/mol. The van der Waals surface area contributed by atoms with Crippen LogP contribution >= 0.6 is 15.9 Å². The average Bonchev–Trinajstić information content (AvgIpc) is 2.45. The molecule has 0 aromatic carbocycles. The van der Waals surface area contributed by atoms with Crippen molar-refractivity contribution >= 4 is 15.9 Å². The molecule has 0 amide bonds. The van der Waals surface area contributed by atoms with E-state index in [-0.39, 0.29) is 6.10 Å². The molecule has 0 bridgehead atoms. The second-order valence-electron chi connectivity index (χ2n) is 4.86. The fraction of sp³-hybridized carbons (Fsp3) is 0.750. The molecule has 2 unspecified atom stereocenters. The summed E-state index contributed by atoms with van der Waals surface area (Å²) in [5.74, 6) is 0.606. The molecule has 3 nitrogen and oxygen atoms in total. The molecule has 1 aromatic rings. The van der Waals surface area contributed by atoms with Gasteiger partial charge in [-0.25, -0.2) is 0 Å². The molecule has 1 aromatic heterocycles. The van der Waals surface area contributed by atoms with E-state index in [4.69, 9.17) is 0 Å². The number of hydrogen-bond acceptors (Lipinski definition) is 2. The van der Waals surface area contributed by atoms with E-state index in [0.717, 1.165) is 35.8 Å². The molecule has 90 valence electrons. The molecular formula is C12H19BrN2O. The van der Waals surface area contributed by atoms with Crippen molar-refractivity contribution in [1.29, 1.82) is 0 Å². The Morgan fingerprint density at radius 2 is 2.25 bits per heavy atom. The highest BCUT2D eigenvalue weighted by Gasteiger charge is 2.23. The van der Waals surface area contributed by atoms with Crippen molar-refractivity contribution in [1.82, 2.24) is 9.78 Å². The summed E-state index contributed by atoms with van der Waals surface area (Å²) >= 11 is 3.60. The minimum Gasteiger partial charge on any atom is -0.393 e. The summed E-state index contributed by atoms with van der Waals surface area (Å²) < 4.78 is 3.09. The maximum absolute atomic E-state index is 9.67. The number of rotatable bonds is 2. The number of aliphatic hydroxyl groups is 1. The van der Waals surface area contributed by atoms with Crippen LogP contribution in [0.2, 0.25) is 0 Å². The fourth-order valence-corrected chi connectivity index (χ4v) is 3.12. The van der Waals surface area contributed by atoms with Gasteiger partial charge in [0.15, 0.2) is 0 Å². The first-order chi connectivity index (χ1) is 7.58. The SMILES string of the molecule is Cc1nn(C)c(CC2CCCC(O)C2)c1Br. The molecule has 1 saturated carbocycles. The van der Waals surface area contributed by atoms with Gasteiger partial charge in [-0.3, -0.25) is 4.68 Å². The van der Waals surface area contributed by atoms with Crippen molar-refractivity contribution in [3.05, 3.63) is 15.9 Å². The molecule has 0 spiro atoms. The largest absolute Gasteiger partial charge is 0.393 e. The van der Waals surface area contributed by atoms with Gasteiger partial charge in [-0.1, -0.05) is 6.42 Å². The Morgan fingerprint density at radius 1 is 1.50 bits per heavy atom. The van der Waals surface area contributed by atoms with Gasteiger partial charge in [0.2, 0.25) is 0 Å². The molecule has 1 N–H and O–H groups in total. The molecular weight excluding hydrogens is 268 g/mol. The van der Waals surface area contributed by atoms with Crippen molar-refractivity contribution in [2.45, 2.75) is 45.1 Å². The third kappa shape index (κ3) is 2.48. The summed E-state index contributed by atoms with van der Waals surface area (Å²) in [6.45, 7) is 2.02. The number of aromatic nitrogens is 2. The zero-order valence-electron chi connectivity index (χ0n) is 9.91. The molecule has 1 fully saturated rings. The normalized spacial score (nSPS) is 26.0. The van der Waals surface area contributed by atoms with Crippen LogP contribution in [0.1, 0.15) is 37.1 Å². The van der Waals surface area contributed by atoms with Crippen LogP contribution in [0.3, 0.4) is 0 Å². The summed E-state index contributed by atoms with van der Waals surface area (Å²) in [5.41, 5.74) is 2.31. The topological polar surface area (TPSA) is 38.0 Å². The van der Waals surface area contributed by atoms with E-state index >= 15 is 0 Å². The number of aryl methyl sites for hydroxylation is 2. The summed E-state index contributed by atoms with van der Waals surface area (Å²) in [5, 5.41) is 14.1. The molecule has 1 heterocycles. The third-order valence-corrected chi connectivity index (χ3v) is 4.53. The van der Waals surface area contributed by atoms with Gasteiger partial charge in [-0.05, 0) is 54.5 Å². The van der Waals surface area contributed by atoms with E-state index in [1.165, 1.54) is 12.1 Å². The number of hydrogen-bond donors (Lipinski definition) is 1. The zero-order chi connectivity index (χ0) is 11.7. The number of halogens is 1. The minimum absolute atomic E-state index is 0.0909. The predicted octanol–water partition coefficient (Wildman–Crippen LogP) is 2.58. The fourth-order valence-electron chi connectivity index (χ4n) is 2.62. The first kappa shape index (κ1) is 12.1. The summed E-state index contributed by atoms with van der Waals surface area (Å²) in [4.78, 5) is 0. The molecule has 1 aliphatic carbocycles. The van der Waals surface area contributed by atoms with Gasteiger partial charge in [0.25, 0.3) is 0 Å². The van der Waals surface area contributed by atoms with Gasteiger partial charge >= 0.3 is 0 Å². The van der Waals surface area contributed by atoms with E-state index in [0.29, 0.717) is 5.92 Å². The van der Waals surface area contributed by atoms with E-state index < -0.39 is 0 Å². The van der Waals surface area contributed by atoms with Crippen LogP contribution in [0, 0.1) is 12.8 Å². The van der Waals surface area contributed by atoms with Gasteiger partial charge in [0.05, 0.1) is 22.0 Å². The Kier molecular flexibility index (Phi) is 3.70. The van der Waals surface area contributed by atoms with E-state index in [1.807, 2.05) is 18.7 Å². The Labute approximate surface area is 105 Å². The summed E-state index contributed by atoms with van der Waals surface area (Å²) in [7, 11) is 1.99. The highest BCUT2D eigenvalue weighted by molar-refractivity contribution is 9.10. The van der Waals surface area contributed by atoms with Gasteiger partial charge in [0, 0.05) is 7.05 Å². The summed E-state index contributed by atoms with van der Waals surface area (Å²) in [6, 6.07) is 0. The van der Waals surface area contributed by atoms with Crippen LogP contribution in [0.4, 0.5) is 0 Å². The van der Waals surface area contributed by atoms with Crippen molar-refractivity contribution in [3.63, 3.8) is 0 Å². The lowest BCUT2D eigenvalue weighted by atomic mass is 9.84. The lowest BCUT2D eigenvalue weighted by Gasteiger charge is -2.25. The van der Waals surface area contributed by atoms with E-state index in [1.54, 1.807) is 0 Å². The molecule has 2 atom stereocenters. The van der Waals surface area contributed by atoms with Gasteiger partial charge in [-0.15, -0.1) is 0 Å². The Bertz CT molecular complexity index is 375. The highest BCUT2D eigenvalue weighted by atomic mass is 79.9. The first-order valence-electron chi connectivity index (χ1n) is 5.94. The van der Waals surface area contributed by atoms with Crippen LogP contribution in [0.15, 0.2) is 4.47 Å². The van der Waals surface area contributed by atoms with Crippen LogP contribution in [-0.2, 0) is 13.5 Å². The van der Waals surface area contributed by atoms with Crippen LogP contribution in [-0.4, -0.2) is 21.0 Å². The Hall–Kier alpha value is -0.350. The van der Waals surface area contributed by atoms with Gasteiger partial charge in [-0.2, -0.15) is 5.10 Å². The molecule has 16 heavy (non-hydrogen) atoms. The van der Waals surface area contributed by atoms with E-state index in [2.05, 4.69) is 21.0 Å². The first-order valence-corrected chi connectivity index (χ1v) is 6.73. The van der Waals surface area contributed by atoms with Crippen molar-refractivity contribution in [3.8, 4) is 0 Å². The van der Waals surface area contributed by atoms with E-state index in [9.17, 15) is 5.11 Å². The molecule has 1 aliphatic rings. The number of nitrogens with zero attached hydrogens (tertiary/aromatic N) is 2. The zero-order valence-corrected chi connectivity index (χ0v) is 11.5. The Morgan fingerprint density at radius 3 is 2.81 bits per heavy atom. The van der Waals surface area contributed by atoms with Crippen molar-refractivity contribution in [2.75, 3.05) is 0 Å². The molecule has 4 heteroatoms. The molecule has 2 rings (SSSR count). The standard InChI is InChI=1S/C12H19BrN2O/c1-8-12(13)11(15(2)14-8)7-9-4-3-5-10(16)6-9/h9-10,16H,3-7H2,1-2H3. The van der Waals surface area contributed by atoms with Crippen molar-refractivity contribution in [2.24, 2.45) is 13.0 Å². The molecule has 0 radical (unpaired) electrons. The maximum atomic E-state index is 9.67. The lowest BCUT2D eigenvalue weighted by Crippen LogP contribution is -2.21. The smallest absolute Gasteiger partial charge is 0.0738 e. The third-order valence-electron chi connectivity index (χ3n) is 3.50. The van der Waals surface area contributed by atoms with Crippen LogP contribution in [0.5, 0.6) is 0 Å². The quantitative estimate of drug-likeness (QED) is 0.908.